The van der Waals surface area contributed by atoms with E-state index in [1.165, 1.54) is 11.1 Å². The summed E-state index contributed by atoms with van der Waals surface area (Å²) in [5, 5.41) is 0. The first-order chi connectivity index (χ1) is 16.6. The highest BCUT2D eigenvalue weighted by Gasteiger charge is 2.59. The predicted molar refractivity (Wildman–Crippen MR) is 131 cm³/mol. The molecule has 6 atom stereocenters. The average Bonchev–Trinajstić information content (AvgIpc) is 3.08. The number of carbonyl (C=O) groups is 4. The Bertz CT molecular complexity index is 1000. The molecule has 0 aromatic carbocycles. The third-order valence-corrected chi connectivity index (χ3v) is 9.18. The van der Waals surface area contributed by atoms with Crippen LogP contribution in [0.1, 0.15) is 66.7 Å². The van der Waals surface area contributed by atoms with Gasteiger partial charge in [0.15, 0.2) is 11.7 Å². The van der Waals surface area contributed by atoms with E-state index in [4.69, 9.17) is 9.47 Å². The number of allylic oxidation sites excluding steroid dienone is 6. The Morgan fingerprint density at radius 1 is 1.11 bits per heavy atom. The minimum atomic E-state index is -1.21. The number of ether oxygens (including phenoxy) is 2. The first-order valence-corrected chi connectivity index (χ1v) is 13.1. The molecule has 0 aromatic heterocycles. The molecule has 0 saturated heterocycles. The summed E-state index contributed by atoms with van der Waals surface area (Å²) in [5.41, 5.74) is 2.13. The molecule has 6 heteroatoms. The van der Waals surface area contributed by atoms with E-state index in [9.17, 15) is 19.2 Å². The van der Waals surface area contributed by atoms with Crippen molar-refractivity contribution in [3.05, 3.63) is 35.5 Å². The molecule has 190 valence electrons. The van der Waals surface area contributed by atoms with Crippen LogP contribution in [0.4, 0.5) is 0 Å². The van der Waals surface area contributed by atoms with Crippen LogP contribution in [0.15, 0.2) is 35.5 Å². The summed E-state index contributed by atoms with van der Waals surface area (Å²) in [4.78, 5) is 50.8. The molecule has 0 radical (unpaired) electrons. The molecule has 0 heterocycles. The minimum Gasteiger partial charge on any atom is -0.465 e. The van der Waals surface area contributed by atoms with Gasteiger partial charge in [-0.15, -0.1) is 0 Å². The van der Waals surface area contributed by atoms with E-state index in [0.717, 1.165) is 25.7 Å². The van der Waals surface area contributed by atoms with Gasteiger partial charge in [0.1, 0.15) is 5.78 Å². The van der Waals surface area contributed by atoms with Gasteiger partial charge in [-0.25, -0.2) is 0 Å². The van der Waals surface area contributed by atoms with E-state index in [1.807, 2.05) is 0 Å². The summed E-state index contributed by atoms with van der Waals surface area (Å²) >= 11 is 0. The zero-order valence-electron chi connectivity index (χ0n) is 21.6. The van der Waals surface area contributed by atoms with Gasteiger partial charge in [-0.05, 0) is 81.8 Å². The smallest absolute Gasteiger partial charge is 0.320 e. The third-order valence-electron chi connectivity index (χ3n) is 9.18. The number of hydrogen-bond acceptors (Lipinski definition) is 6. The number of Topliss-reactive ketones (excluding diaryl/α,β-unsaturated/α-hetero) is 1. The SMILES string of the molecule is CCOC(=O)C(CC(=O)[C@H]1[C@H](C)C[C@H]2[C@@H]3CCC4=CC(=O)C=C[C@]4(C)C3=CC[C@@]21C)C(=O)OCC. The van der Waals surface area contributed by atoms with Crippen molar-refractivity contribution in [1.82, 2.24) is 0 Å². The van der Waals surface area contributed by atoms with Crippen LogP contribution in [0.2, 0.25) is 0 Å². The Balaban J connectivity index is 1.61. The summed E-state index contributed by atoms with van der Waals surface area (Å²) < 4.78 is 10.2. The second-order valence-corrected chi connectivity index (χ2v) is 11.1. The van der Waals surface area contributed by atoms with Crippen LogP contribution in [0.5, 0.6) is 0 Å². The normalized spacial score (nSPS) is 35.4. The standard InChI is InChI=1S/C29H38O6/c1-6-34-26(32)21(27(33)35-7-2)16-24(31)25-17(3)14-23-20-9-8-18-15-19(30)10-12-28(18,4)22(20)11-13-29(23,25)5/h10-12,15,17,20-21,23,25H,6-9,13-14,16H2,1-5H3/t17-,20-,23+,25-,28+,29+/m1/s1. The molecular formula is C29H38O6. The summed E-state index contributed by atoms with van der Waals surface area (Å²) in [7, 11) is 0. The molecule has 0 N–H and O–H groups in total. The van der Waals surface area contributed by atoms with Crippen molar-refractivity contribution in [1.29, 1.82) is 0 Å². The second-order valence-electron chi connectivity index (χ2n) is 11.1. The number of hydrogen-bond donors (Lipinski definition) is 0. The van der Waals surface area contributed by atoms with Gasteiger partial charge in [0.25, 0.3) is 0 Å². The lowest BCUT2D eigenvalue weighted by Gasteiger charge is -2.52. The number of esters is 2. The Labute approximate surface area is 208 Å². The molecule has 4 rings (SSSR count). The van der Waals surface area contributed by atoms with Crippen LogP contribution in [-0.2, 0) is 28.7 Å². The van der Waals surface area contributed by atoms with Crippen molar-refractivity contribution in [2.24, 2.45) is 40.4 Å². The molecule has 2 saturated carbocycles. The van der Waals surface area contributed by atoms with Gasteiger partial charge in [-0.2, -0.15) is 0 Å². The minimum absolute atomic E-state index is 0.0452. The van der Waals surface area contributed by atoms with Gasteiger partial charge in [0.05, 0.1) is 13.2 Å². The second kappa shape index (κ2) is 9.51. The average molecular weight is 483 g/mol. The van der Waals surface area contributed by atoms with E-state index in [2.05, 4.69) is 32.9 Å². The lowest BCUT2D eigenvalue weighted by molar-refractivity contribution is -0.163. The Hall–Kier alpha value is -2.50. The van der Waals surface area contributed by atoms with Crippen LogP contribution < -0.4 is 0 Å². The van der Waals surface area contributed by atoms with Crippen LogP contribution in [0.25, 0.3) is 0 Å². The molecule has 35 heavy (non-hydrogen) atoms. The number of carbonyl (C=O) groups excluding carboxylic acids is 4. The zero-order chi connectivity index (χ0) is 25.5. The van der Waals surface area contributed by atoms with Gasteiger partial charge in [-0.3, -0.25) is 19.2 Å². The van der Waals surface area contributed by atoms with Crippen LogP contribution in [0.3, 0.4) is 0 Å². The fourth-order valence-corrected chi connectivity index (χ4v) is 7.65. The van der Waals surface area contributed by atoms with Gasteiger partial charge >= 0.3 is 11.9 Å². The quantitative estimate of drug-likeness (QED) is 0.295. The summed E-state index contributed by atoms with van der Waals surface area (Å²) in [6, 6.07) is 0. The van der Waals surface area contributed by atoms with E-state index in [1.54, 1.807) is 26.0 Å². The van der Waals surface area contributed by atoms with Crippen LogP contribution in [0, 0.1) is 40.4 Å². The highest BCUT2D eigenvalue weighted by atomic mass is 16.6. The largest absolute Gasteiger partial charge is 0.465 e. The molecule has 4 aliphatic carbocycles. The molecule has 0 aromatic rings. The summed E-state index contributed by atoms with van der Waals surface area (Å²) in [5.74, 6) is -1.93. The van der Waals surface area contributed by atoms with Crippen molar-refractivity contribution < 1.29 is 28.7 Å². The molecule has 0 bridgehead atoms. The van der Waals surface area contributed by atoms with Gasteiger partial charge in [0.2, 0.25) is 0 Å². The van der Waals surface area contributed by atoms with Gasteiger partial charge in [-0.1, -0.05) is 37.1 Å². The van der Waals surface area contributed by atoms with Crippen molar-refractivity contribution in [2.75, 3.05) is 13.2 Å². The first-order valence-electron chi connectivity index (χ1n) is 13.1. The Kier molecular flexibility index (Phi) is 6.96. The first kappa shape index (κ1) is 25.6. The molecule has 0 aliphatic heterocycles. The van der Waals surface area contributed by atoms with Crippen LogP contribution in [-0.4, -0.2) is 36.7 Å². The molecule has 4 aliphatic rings. The van der Waals surface area contributed by atoms with Gasteiger partial charge in [0, 0.05) is 17.8 Å². The molecule has 2 fully saturated rings. The predicted octanol–water partition coefficient (Wildman–Crippen LogP) is 4.78. The zero-order valence-corrected chi connectivity index (χ0v) is 21.6. The van der Waals surface area contributed by atoms with E-state index in [0.29, 0.717) is 11.8 Å². The molecular weight excluding hydrogens is 444 g/mol. The maximum atomic E-state index is 13.7. The van der Waals surface area contributed by atoms with Crippen molar-refractivity contribution in [3.8, 4) is 0 Å². The van der Waals surface area contributed by atoms with Crippen molar-refractivity contribution in [2.45, 2.75) is 66.7 Å². The Morgan fingerprint density at radius 2 is 1.77 bits per heavy atom. The number of rotatable bonds is 7. The maximum absolute atomic E-state index is 13.7. The van der Waals surface area contributed by atoms with Crippen LogP contribution >= 0.6 is 0 Å². The van der Waals surface area contributed by atoms with Gasteiger partial charge < -0.3 is 9.47 Å². The lowest BCUT2D eigenvalue weighted by atomic mass is 9.52. The molecule has 6 nitrogen and oxygen atoms in total. The maximum Gasteiger partial charge on any atom is 0.320 e. The van der Waals surface area contributed by atoms with Crippen molar-refractivity contribution >= 4 is 23.5 Å². The number of fused-ring (bicyclic) bond motifs is 5. The summed E-state index contributed by atoms with van der Waals surface area (Å²) in [6.07, 6.45) is 11.3. The number of ketones is 2. The van der Waals surface area contributed by atoms with E-state index >= 15 is 0 Å². The van der Waals surface area contributed by atoms with E-state index < -0.39 is 17.9 Å². The topological polar surface area (TPSA) is 86.7 Å². The highest BCUT2D eigenvalue weighted by molar-refractivity contribution is 6.01. The van der Waals surface area contributed by atoms with Crippen molar-refractivity contribution in [3.63, 3.8) is 0 Å². The lowest BCUT2D eigenvalue weighted by Crippen LogP contribution is -2.45. The third kappa shape index (κ3) is 4.23. The Morgan fingerprint density at radius 3 is 2.40 bits per heavy atom. The fraction of sp³-hybridized carbons (Fsp3) is 0.655. The monoisotopic (exact) mass is 482 g/mol. The molecule has 0 spiro atoms. The fourth-order valence-electron chi connectivity index (χ4n) is 7.65. The molecule has 0 amide bonds. The molecule has 0 unspecified atom stereocenters. The van der Waals surface area contributed by atoms with E-state index in [-0.39, 0.29) is 53.9 Å². The summed E-state index contributed by atoms with van der Waals surface area (Å²) in [6.45, 7) is 10.2. The highest BCUT2D eigenvalue weighted by Crippen LogP contribution is 2.65.